The second-order valence-corrected chi connectivity index (χ2v) is 4.70. The number of nitrogens with one attached hydrogen (secondary N) is 1. The van der Waals surface area contributed by atoms with Crippen molar-refractivity contribution in [3.05, 3.63) is 22.8 Å². The van der Waals surface area contributed by atoms with Gasteiger partial charge in [0.15, 0.2) is 5.79 Å². The molecule has 0 bridgehead atoms. The van der Waals surface area contributed by atoms with Gasteiger partial charge in [0.2, 0.25) is 0 Å². The number of hydrogen-bond acceptors (Lipinski definition) is 4. The molecule has 1 saturated heterocycles. The lowest BCUT2D eigenvalue weighted by Gasteiger charge is -2.22. The van der Waals surface area contributed by atoms with Crippen LogP contribution in [0, 0.1) is 0 Å². The molecule has 1 aromatic rings. The lowest BCUT2D eigenvalue weighted by molar-refractivity contribution is -0.144. The first kappa shape index (κ1) is 11.8. The maximum atomic E-state index is 5.51. The van der Waals surface area contributed by atoms with Gasteiger partial charge in [-0.3, -0.25) is 0 Å². The van der Waals surface area contributed by atoms with Crippen LogP contribution in [0.15, 0.2) is 22.8 Å². The summed E-state index contributed by atoms with van der Waals surface area (Å²) in [6.45, 7) is 4.11. The van der Waals surface area contributed by atoms with E-state index in [9.17, 15) is 0 Å². The number of pyridine rings is 1. The third kappa shape index (κ3) is 2.93. The number of halogens is 1. The average molecular weight is 287 g/mol. The van der Waals surface area contributed by atoms with Gasteiger partial charge in [0, 0.05) is 19.2 Å². The number of anilines is 1. The Bertz CT molecular complexity index is 354. The Labute approximate surface area is 103 Å². The Balaban J connectivity index is 1.82. The van der Waals surface area contributed by atoms with Crippen molar-refractivity contribution < 1.29 is 9.47 Å². The van der Waals surface area contributed by atoms with Crippen LogP contribution >= 0.6 is 15.9 Å². The van der Waals surface area contributed by atoms with Crippen LogP contribution in [0.5, 0.6) is 0 Å². The van der Waals surface area contributed by atoms with Gasteiger partial charge < -0.3 is 14.8 Å². The van der Waals surface area contributed by atoms with Gasteiger partial charge in [-0.15, -0.1) is 0 Å². The molecule has 0 spiro atoms. The number of aromatic nitrogens is 1. The Morgan fingerprint density at radius 3 is 2.94 bits per heavy atom. The van der Waals surface area contributed by atoms with Crippen LogP contribution in [0.2, 0.25) is 0 Å². The third-order valence-corrected chi connectivity index (χ3v) is 3.17. The number of hydrogen-bond donors (Lipinski definition) is 1. The van der Waals surface area contributed by atoms with E-state index >= 15 is 0 Å². The predicted octanol–water partition coefficient (Wildman–Crippen LogP) is 2.41. The standard InChI is InChI=1S/C11H15BrN2O2/c1-11(15-7-8-16-11)4-6-14-10-9(12)3-2-5-13-10/h2-3,5H,4,6-8H2,1H3,(H,13,14). The zero-order valence-corrected chi connectivity index (χ0v) is 10.8. The normalized spacial score (nSPS) is 18.6. The van der Waals surface area contributed by atoms with Gasteiger partial charge >= 0.3 is 0 Å². The van der Waals surface area contributed by atoms with Crippen LogP contribution in [-0.2, 0) is 9.47 Å². The molecule has 1 aromatic heterocycles. The molecule has 0 saturated carbocycles. The van der Waals surface area contributed by atoms with E-state index in [1.165, 1.54) is 0 Å². The number of ether oxygens (including phenoxy) is 2. The van der Waals surface area contributed by atoms with Crippen LogP contribution in [0.3, 0.4) is 0 Å². The second-order valence-electron chi connectivity index (χ2n) is 3.84. The van der Waals surface area contributed by atoms with Crippen molar-refractivity contribution in [2.75, 3.05) is 25.1 Å². The fourth-order valence-corrected chi connectivity index (χ4v) is 2.02. The van der Waals surface area contributed by atoms with Crippen molar-refractivity contribution in [3.63, 3.8) is 0 Å². The van der Waals surface area contributed by atoms with Crippen molar-refractivity contribution in [1.82, 2.24) is 4.98 Å². The van der Waals surface area contributed by atoms with Gasteiger partial charge in [0.25, 0.3) is 0 Å². The molecule has 4 nitrogen and oxygen atoms in total. The average Bonchev–Trinajstić information content (AvgIpc) is 2.68. The van der Waals surface area contributed by atoms with E-state index < -0.39 is 5.79 Å². The maximum absolute atomic E-state index is 5.51. The summed E-state index contributed by atoms with van der Waals surface area (Å²) < 4.78 is 12.0. The minimum atomic E-state index is -0.436. The quantitative estimate of drug-likeness (QED) is 0.923. The molecule has 1 aliphatic rings. The smallest absolute Gasteiger partial charge is 0.167 e. The number of rotatable bonds is 4. The minimum Gasteiger partial charge on any atom is -0.369 e. The van der Waals surface area contributed by atoms with E-state index in [1.807, 2.05) is 19.1 Å². The van der Waals surface area contributed by atoms with Gasteiger partial charge in [-0.25, -0.2) is 4.98 Å². The zero-order chi connectivity index (χ0) is 11.4. The monoisotopic (exact) mass is 286 g/mol. The third-order valence-electron chi connectivity index (χ3n) is 2.53. The van der Waals surface area contributed by atoms with Crippen LogP contribution in [0.25, 0.3) is 0 Å². The Morgan fingerprint density at radius 1 is 1.50 bits per heavy atom. The summed E-state index contributed by atoms with van der Waals surface area (Å²) in [5.74, 6) is 0.415. The molecular formula is C11H15BrN2O2. The van der Waals surface area contributed by atoms with E-state index in [2.05, 4.69) is 26.2 Å². The van der Waals surface area contributed by atoms with Crippen molar-refractivity contribution in [3.8, 4) is 0 Å². The van der Waals surface area contributed by atoms with Crippen LogP contribution in [-0.4, -0.2) is 30.5 Å². The summed E-state index contributed by atoms with van der Waals surface area (Å²) in [7, 11) is 0. The molecule has 0 aromatic carbocycles. The van der Waals surface area contributed by atoms with Gasteiger partial charge in [0.1, 0.15) is 5.82 Å². The summed E-state index contributed by atoms with van der Waals surface area (Å²) in [6.07, 6.45) is 2.56. The van der Waals surface area contributed by atoms with E-state index in [0.717, 1.165) is 23.3 Å². The number of nitrogens with zero attached hydrogens (tertiary/aromatic N) is 1. The van der Waals surface area contributed by atoms with Crippen LogP contribution in [0.1, 0.15) is 13.3 Å². The minimum absolute atomic E-state index is 0.436. The first-order valence-corrected chi connectivity index (χ1v) is 6.11. The highest BCUT2D eigenvalue weighted by Crippen LogP contribution is 2.23. The van der Waals surface area contributed by atoms with Crippen molar-refractivity contribution in [2.24, 2.45) is 0 Å². The lowest BCUT2D eigenvalue weighted by atomic mass is 10.2. The molecule has 1 N–H and O–H groups in total. The van der Waals surface area contributed by atoms with Crippen molar-refractivity contribution in [2.45, 2.75) is 19.1 Å². The summed E-state index contributed by atoms with van der Waals surface area (Å²) in [4.78, 5) is 4.23. The highest BCUT2D eigenvalue weighted by atomic mass is 79.9. The molecule has 2 rings (SSSR count). The largest absolute Gasteiger partial charge is 0.369 e. The highest BCUT2D eigenvalue weighted by molar-refractivity contribution is 9.10. The van der Waals surface area contributed by atoms with E-state index in [0.29, 0.717) is 13.2 Å². The van der Waals surface area contributed by atoms with Crippen molar-refractivity contribution >= 4 is 21.7 Å². The van der Waals surface area contributed by atoms with Crippen LogP contribution in [0.4, 0.5) is 5.82 Å². The molecule has 0 amide bonds. The predicted molar refractivity (Wildman–Crippen MR) is 65.4 cm³/mol. The zero-order valence-electron chi connectivity index (χ0n) is 9.20. The van der Waals surface area contributed by atoms with Crippen LogP contribution < -0.4 is 5.32 Å². The molecule has 0 aliphatic carbocycles. The maximum Gasteiger partial charge on any atom is 0.167 e. The molecule has 1 aliphatic heterocycles. The Hall–Kier alpha value is -0.650. The fourth-order valence-electron chi connectivity index (χ4n) is 1.62. The molecule has 2 heterocycles. The molecule has 16 heavy (non-hydrogen) atoms. The summed E-state index contributed by atoms with van der Waals surface area (Å²) >= 11 is 3.44. The van der Waals surface area contributed by atoms with Crippen molar-refractivity contribution in [1.29, 1.82) is 0 Å². The van der Waals surface area contributed by atoms with E-state index in [1.54, 1.807) is 6.20 Å². The first-order chi connectivity index (χ1) is 7.70. The Morgan fingerprint density at radius 2 is 2.25 bits per heavy atom. The molecule has 0 atom stereocenters. The van der Waals surface area contributed by atoms with Gasteiger partial charge in [0.05, 0.1) is 17.7 Å². The lowest BCUT2D eigenvalue weighted by Crippen LogP contribution is -2.28. The van der Waals surface area contributed by atoms with E-state index in [4.69, 9.17) is 9.47 Å². The molecule has 0 radical (unpaired) electrons. The summed E-state index contributed by atoms with van der Waals surface area (Å²) in [5, 5.41) is 3.25. The molecular weight excluding hydrogens is 272 g/mol. The fraction of sp³-hybridized carbons (Fsp3) is 0.545. The topological polar surface area (TPSA) is 43.4 Å². The Kier molecular flexibility index (Phi) is 3.78. The first-order valence-electron chi connectivity index (χ1n) is 5.32. The molecule has 5 heteroatoms. The molecule has 0 unspecified atom stereocenters. The molecule has 88 valence electrons. The highest BCUT2D eigenvalue weighted by Gasteiger charge is 2.30. The van der Waals surface area contributed by atoms with Gasteiger partial charge in [-0.1, -0.05) is 0 Å². The van der Waals surface area contributed by atoms with Gasteiger partial charge in [-0.2, -0.15) is 0 Å². The summed E-state index contributed by atoms with van der Waals surface area (Å²) in [6, 6.07) is 3.85. The van der Waals surface area contributed by atoms with E-state index in [-0.39, 0.29) is 0 Å². The SMILES string of the molecule is CC1(CCNc2ncccc2Br)OCCO1. The van der Waals surface area contributed by atoms with Gasteiger partial charge in [-0.05, 0) is 35.0 Å². The second kappa shape index (κ2) is 5.12. The summed E-state index contributed by atoms with van der Waals surface area (Å²) in [5.41, 5.74) is 0. The molecule has 1 fully saturated rings.